The molecular weight excluding hydrogens is 364 g/mol. The maximum atomic E-state index is 12.5. The van der Waals surface area contributed by atoms with Crippen molar-refractivity contribution in [3.8, 4) is 0 Å². The molecule has 3 amide bonds. The SMILES string of the molecule is CCCCN1C(=O)c2ccc(C(=O)NCC3(C(=O)O)CCOCC3)cc2C1=O. The molecule has 8 nitrogen and oxygen atoms in total. The first-order valence-corrected chi connectivity index (χ1v) is 9.49. The summed E-state index contributed by atoms with van der Waals surface area (Å²) in [5, 5.41) is 12.2. The van der Waals surface area contributed by atoms with Crippen molar-refractivity contribution in [3.63, 3.8) is 0 Å². The van der Waals surface area contributed by atoms with Gasteiger partial charge in [0, 0.05) is 31.9 Å². The first-order chi connectivity index (χ1) is 13.4. The van der Waals surface area contributed by atoms with Gasteiger partial charge in [-0.05, 0) is 37.5 Å². The Kier molecular flexibility index (Phi) is 5.79. The molecule has 0 spiro atoms. The van der Waals surface area contributed by atoms with Gasteiger partial charge in [-0.3, -0.25) is 24.1 Å². The maximum Gasteiger partial charge on any atom is 0.311 e. The molecule has 1 aromatic rings. The van der Waals surface area contributed by atoms with E-state index in [2.05, 4.69) is 5.32 Å². The Labute approximate surface area is 162 Å². The van der Waals surface area contributed by atoms with Crippen LogP contribution in [0.25, 0.3) is 0 Å². The van der Waals surface area contributed by atoms with Gasteiger partial charge in [-0.1, -0.05) is 13.3 Å². The minimum absolute atomic E-state index is 0.0168. The lowest BCUT2D eigenvalue weighted by Gasteiger charge is -2.33. The number of ether oxygens (including phenoxy) is 1. The van der Waals surface area contributed by atoms with E-state index in [0.29, 0.717) is 38.2 Å². The van der Waals surface area contributed by atoms with E-state index in [1.807, 2.05) is 6.92 Å². The van der Waals surface area contributed by atoms with Gasteiger partial charge in [0.1, 0.15) is 0 Å². The zero-order valence-electron chi connectivity index (χ0n) is 15.8. The first kappa shape index (κ1) is 20.0. The molecule has 150 valence electrons. The van der Waals surface area contributed by atoms with E-state index in [4.69, 9.17) is 4.74 Å². The normalized spacial score (nSPS) is 18.1. The molecule has 1 aromatic carbocycles. The molecule has 0 saturated carbocycles. The fraction of sp³-hybridized carbons (Fsp3) is 0.500. The van der Waals surface area contributed by atoms with E-state index in [-0.39, 0.29) is 23.6 Å². The van der Waals surface area contributed by atoms with Gasteiger partial charge < -0.3 is 15.2 Å². The highest BCUT2D eigenvalue weighted by Gasteiger charge is 2.41. The van der Waals surface area contributed by atoms with Crippen molar-refractivity contribution in [3.05, 3.63) is 34.9 Å². The highest BCUT2D eigenvalue weighted by Crippen LogP contribution is 2.30. The lowest BCUT2D eigenvalue weighted by Crippen LogP contribution is -2.46. The molecule has 0 bridgehead atoms. The topological polar surface area (TPSA) is 113 Å². The lowest BCUT2D eigenvalue weighted by molar-refractivity contribution is -0.154. The number of nitrogens with one attached hydrogen (secondary N) is 1. The van der Waals surface area contributed by atoms with E-state index < -0.39 is 23.2 Å². The van der Waals surface area contributed by atoms with E-state index >= 15 is 0 Å². The van der Waals surface area contributed by atoms with E-state index in [1.54, 1.807) is 0 Å². The number of amides is 3. The van der Waals surface area contributed by atoms with Crippen LogP contribution in [-0.2, 0) is 9.53 Å². The molecule has 0 aliphatic carbocycles. The molecule has 0 aromatic heterocycles. The summed E-state index contributed by atoms with van der Waals surface area (Å²) in [6.07, 6.45) is 2.23. The number of fused-ring (bicyclic) bond motifs is 1. The molecule has 0 atom stereocenters. The third-order valence-electron chi connectivity index (χ3n) is 5.46. The predicted molar refractivity (Wildman–Crippen MR) is 99.2 cm³/mol. The zero-order valence-corrected chi connectivity index (χ0v) is 15.8. The Hall–Kier alpha value is -2.74. The Bertz CT molecular complexity index is 813. The zero-order chi connectivity index (χ0) is 20.3. The number of carbonyl (C=O) groups excluding carboxylic acids is 3. The average Bonchev–Trinajstić information content (AvgIpc) is 2.94. The maximum absolute atomic E-state index is 12.5. The molecule has 8 heteroatoms. The predicted octanol–water partition coefficient (Wildman–Crippen LogP) is 1.69. The Morgan fingerprint density at radius 3 is 2.50 bits per heavy atom. The largest absolute Gasteiger partial charge is 0.481 e. The molecule has 2 heterocycles. The van der Waals surface area contributed by atoms with Crippen molar-refractivity contribution >= 4 is 23.7 Å². The number of carboxylic acids is 1. The van der Waals surface area contributed by atoms with Crippen LogP contribution in [0.15, 0.2) is 18.2 Å². The third kappa shape index (κ3) is 3.64. The molecule has 2 N–H and O–H groups in total. The van der Waals surface area contributed by atoms with Crippen LogP contribution >= 0.6 is 0 Å². The number of hydrogen-bond donors (Lipinski definition) is 2. The van der Waals surface area contributed by atoms with Crippen LogP contribution in [0.3, 0.4) is 0 Å². The molecule has 0 unspecified atom stereocenters. The number of aliphatic carboxylic acids is 1. The molecule has 28 heavy (non-hydrogen) atoms. The van der Waals surface area contributed by atoms with E-state index in [9.17, 15) is 24.3 Å². The Morgan fingerprint density at radius 2 is 1.86 bits per heavy atom. The first-order valence-electron chi connectivity index (χ1n) is 9.49. The van der Waals surface area contributed by atoms with Crippen LogP contribution in [0.5, 0.6) is 0 Å². The Balaban J connectivity index is 1.73. The van der Waals surface area contributed by atoms with E-state index in [0.717, 1.165) is 12.8 Å². The van der Waals surface area contributed by atoms with Crippen molar-refractivity contribution in [2.45, 2.75) is 32.6 Å². The summed E-state index contributed by atoms with van der Waals surface area (Å²) >= 11 is 0. The smallest absolute Gasteiger partial charge is 0.311 e. The molecule has 3 rings (SSSR count). The van der Waals surface area contributed by atoms with Gasteiger partial charge in [-0.15, -0.1) is 0 Å². The number of imide groups is 1. The van der Waals surface area contributed by atoms with Crippen LogP contribution < -0.4 is 5.32 Å². The van der Waals surface area contributed by atoms with Crippen LogP contribution in [0, 0.1) is 5.41 Å². The highest BCUT2D eigenvalue weighted by atomic mass is 16.5. The van der Waals surface area contributed by atoms with Crippen molar-refractivity contribution in [1.82, 2.24) is 10.2 Å². The Morgan fingerprint density at radius 1 is 1.18 bits per heavy atom. The fourth-order valence-electron chi connectivity index (χ4n) is 3.53. The lowest BCUT2D eigenvalue weighted by atomic mass is 9.80. The van der Waals surface area contributed by atoms with Gasteiger partial charge in [-0.25, -0.2) is 0 Å². The summed E-state index contributed by atoms with van der Waals surface area (Å²) in [5.41, 5.74) is -0.311. The summed E-state index contributed by atoms with van der Waals surface area (Å²) < 4.78 is 5.23. The van der Waals surface area contributed by atoms with Gasteiger partial charge in [0.25, 0.3) is 17.7 Å². The molecule has 2 aliphatic rings. The second-order valence-electron chi connectivity index (χ2n) is 7.26. The van der Waals surface area contributed by atoms with Crippen molar-refractivity contribution in [1.29, 1.82) is 0 Å². The number of rotatable bonds is 7. The quantitative estimate of drug-likeness (QED) is 0.688. The highest BCUT2D eigenvalue weighted by molar-refractivity contribution is 6.22. The van der Waals surface area contributed by atoms with E-state index in [1.165, 1.54) is 23.1 Å². The van der Waals surface area contributed by atoms with Gasteiger partial charge in [0.2, 0.25) is 0 Å². The number of carbonyl (C=O) groups is 4. The van der Waals surface area contributed by atoms with Crippen molar-refractivity contribution in [2.24, 2.45) is 5.41 Å². The van der Waals surface area contributed by atoms with Crippen molar-refractivity contribution < 1.29 is 29.0 Å². The minimum atomic E-state index is -1.05. The summed E-state index contributed by atoms with van der Waals surface area (Å²) in [6.45, 7) is 2.99. The van der Waals surface area contributed by atoms with Gasteiger partial charge in [0.05, 0.1) is 16.5 Å². The third-order valence-corrected chi connectivity index (χ3v) is 5.46. The van der Waals surface area contributed by atoms with Crippen LogP contribution in [0.4, 0.5) is 0 Å². The van der Waals surface area contributed by atoms with Crippen LogP contribution in [-0.4, -0.2) is 60.0 Å². The summed E-state index contributed by atoms with van der Waals surface area (Å²) in [5.74, 6) is -2.17. The number of benzene rings is 1. The summed E-state index contributed by atoms with van der Waals surface area (Å²) in [4.78, 5) is 50.3. The van der Waals surface area contributed by atoms with Crippen LogP contribution in [0.2, 0.25) is 0 Å². The fourth-order valence-corrected chi connectivity index (χ4v) is 3.53. The average molecular weight is 388 g/mol. The minimum Gasteiger partial charge on any atom is -0.481 e. The van der Waals surface area contributed by atoms with Gasteiger partial charge in [-0.2, -0.15) is 0 Å². The summed E-state index contributed by atoms with van der Waals surface area (Å²) in [6, 6.07) is 4.38. The molecular formula is C20H24N2O6. The molecule has 1 saturated heterocycles. The van der Waals surface area contributed by atoms with Gasteiger partial charge in [0.15, 0.2) is 0 Å². The molecule has 0 radical (unpaired) electrons. The van der Waals surface area contributed by atoms with Crippen LogP contribution in [0.1, 0.15) is 63.7 Å². The number of nitrogens with zero attached hydrogens (tertiary/aromatic N) is 1. The monoisotopic (exact) mass is 388 g/mol. The summed E-state index contributed by atoms with van der Waals surface area (Å²) in [7, 11) is 0. The van der Waals surface area contributed by atoms with Crippen molar-refractivity contribution in [2.75, 3.05) is 26.3 Å². The number of carboxylic acid groups (broad SMARTS) is 1. The second-order valence-corrected chi connectivity index (χ2v) is 7.26. The molecule has 1 fully saturated rings. The van der Waals surface area contributed by atoms with Gasteiger partial charge >= 0.3 is 5.97 Å². The standard InChI is InChI=1S/C20H24N2O6/c1-2-3-8-22-17(24)14-5-4-13(11-15(14)18(22)25)16(23)21-12-20(19(26)27)6-9-28-10-7-20/h4-5,11H,2-3,6-10,12H2,1H3,(H,21,23)(H,26,27). The number of hydrogen-bond acceptors (Lipinski definition) is 5. The molecule has 2 aliphatic heterocycles. The second kappa shape index (κ2) is 8.10. The number of unbranched alkanes of at least 4 members (excludes halogenated alkanes) is 1.